The van der Waals surface area contributed by atoms with Crippen LogP contribution < -0.4 is 9.64 Å². The number of aryl methyl sites for hydroxylation is 1. The Labute approximate surface area is 214 Å². The standard InChI is InChI=1S/C25H29F3N4O4S/c1-35-12-13-36-24-9-5-8-23-22(24)17-31(37(33,34)25(26,27)28)16-21(11-10-19-6-3-2-4-7-19)32(23)15-20-14-29-18-30-20/h2-9,14,18,21H,10-13,15-17H2,1H3,(H,29,30). The van der Waals surface area contributed by atoms with Gasteiger partial charge in [0.25, 0.3) is 0 Å². The molecule has 1 aromatic heterocycles. The minimum absolute atomic E-state index is 0.164. The molecule has 3 aromatic rings. The molecule has 0 amide bonds. The molecular weight excluding hydrogens is 509 g/mol. The van der Waals surface area contributed by atoms with Crippen molar-refractivity contribution in [2.24, 2.45) is 0 Å². The number of halogens is 3. The molecule has 0 saturated heterocycles. The fourth-order valence-corrected chi connectivity index (χ4v) is 5.41. The monoisotopic (exact) mass is 538 g/mol. The molecule has 2 aromatic carbocycles. The Balaban J connectivity index is 1.79. The van der Waals surface area contributed by atoms with Gasteiger partial charge in [0, 0.05) is 43.7 Å². The summed E-state index contributed by atoms with van der Waals surface area (Å²) in [5.74, 6) is 0.315. The van der Waals surface area contributed by atoms with E-state index in [1.807, 2.05) is 35.2 Å². The molecule has 4 rings (SSSR count). The third-order valence-electron chi connectivity index (χ3n) is 6.29. The minimum Gasteiger partial charge on any atom is -0.491 e. The lowest BCUT2D eigenvalue weighted by Crippen LogP contribution is -2.47. The molecular formula is C25H29F3N4O4S. The highest BCUT2D eigenvalue weighted by Gasteiger charge is 2.51. The number of aromatic amines is 1. The van der Waals surface area contributed by atoms with Crippen LogP contribution in [0.2, 0.25) is 0 Å². The molecule has 1 aliphatic heterocycles. The largest absolute Gasteiger partial charge is 0.511 e. The van der Waals surface area contributed by atoms with E-state index in [2.05, 4.69) is 9.97 Å². The summed E-state index contributed by atoms with van der Waals surface area (Å²) in [6.07, 6.45) is 4.15. The zero-order chi connectivity index (χ0) is 26.5. The number of methoxy groups -OCH3 is 1. The summed E-state index contributed by atoms with van der Waals surface area (Å²) < 4.78 is 78.0. The molecule has 0 aliphatic carbocycles. The van der Waals surface area contributed by atoms with Gasteiger partial charge in [0.05, 0.1) is 25.2 Å². The van der Waals surface area contributed by atoms with Crippen molar-refractivity contribution in [3.8, 4) is 5.75 Å². The molecule has 8 nitrogen and oxygen atoms in total. The molecule has 0 radical (unpaired) electrons. The predicted molar refractivity (Wildman–Crippen MR) is 133 cm³/mol. The SMILES string of the molecule is COCCOc1cccc2c1CN(S(=O)(=O)C(F)(F)F)CC(CCc1ccccc1)N2Cc1cnc[nH]1. The average molecular weight is 539 g/mol. The zero-order valence-corrected chi connectivity index (χ0v) is 21.1. The number of fused-ring (bicyclic) bond motifs is 1. The van der Waals surface area contributed by atoms with Crippen molar-refractivity contribution in [2.45, 2.75) is 37.5 Å². The van der Waals surface area contributed by atoms with Gasteiger partial charge in [0.2, 0.25) is 0 Å². The Morgan fingerprint density at radius 2 is 1.89 bits per heavy atom. The van der Waals surface area contributed by atoms with Crippen LogP contribution in [0.1, 0.15) is 23.2 Å². The number of hydrogen-bond donors (Lipinski definition) is 1. The van der Waals surface area contributed by atoms with Crippen LogP contribution >= 0.6 is 0 Å². The molecule has 2 heterocycles. The number of rotatable bonds is 10. The number of nitrogens with one attached hydrogen (secondary N) is 1. The summed E-state index contributed by atoms with van der Waals surface area (Å²) in [7, 11) is -4.09. The summed E-state index contributed by atoms with van der Waals surface area (Å²) in [6, 6.07) is 14.2. The topological polar surface area (TPSA) is 87.8 Å². The lowest BCUT2D eigenvalue weighted by molar-refractivity contribution is -0.0492. The summed E-state index contributed by atoms with van der Waals surface area (Å²) in [6.45, 7) is -0.0761. The van der Waals surface area contributed by atoms with Crippen molar-refractivity contribution in [2.75, 3.05) is 31.8 Å². The third kappa shape index (κ3) is 6.25. The van der Waals surface area contributed by atoms with Gasteiger partial charge in [-0.1, -0.05) is 36.4 Å². The van der Waals surface area contributed by atoms with E-state index in [9.17, 15) is 21.6 Å². The fourth-order valence-electron chi connectivity index (χ4n) is 4.45. The first-order chi connectivity index (χ1) is 17.7. The first kappa shape index (κ1) is 27.0. The maximum atomic E-state index is 13.8. The number of hydrogen-bond acceptors (Lipinski definition) is 6. The molecule has 1 atom stereocenters. The second kappa shape index (κ2) is 11.5. The predicted octanol–water partition coefficient (Wildman–Crippen LogP) is 4.11. The van der Waals surface area contributed by atoms with Gasteiger partial charge in [0.15, 0.2) is 0 Å². The molecule has 1 unspecified atom stereocenters. The minimum atomic E-state index is -5.60. The van der Waals surface area contributed by atoms with Gasteiger partial charge >= 0.3 is 15.5 Å². The van der Waals surface area contributed by atoms with Crippen LogP contribution in [0.4, 0.5) is 18.9 Å². The Hall–Kier alpha value is -3.09. The van der Waals surface area contributed by atoms with Crippen LogP contribution in [-0.4, -0.2) is 61.1 Å². The fraction of sp³-hybridized carbons (Fsp3) is 0.400. The maximum Gasteiger partial charge on any atom is 0.511 e. The van der Waals surface area contributed by atoms with E-state index < -0.39 is 28.1 Å². The van der Waals surface area contributed by atoms with Crippen molar-refractivity contribution in [3.05, 3.63) is 77.9 Å². The number of anilines is 1. The highest BCUT2D eigenvalue weighted by atomic mass is 32.2. The number of nitrogens with zero attached hydrogens (tertiary/aromatic N) is 3. The number of H-pyrrole nitrogens is 1. The lowest BCUT2D eigenvalue weighted by Gasteiger charge is -2.34. The van der Waals surface area contributed by atoms with Gasteiger partial charge in [-0.15, -0.1) is 0 Å². The maximum absolute atomic E-state index is 13.8. The van der Waals surface area contributed by atoms with Crippen molar-refractivity contribution >= 4 is 15.7 Å². The van der Waals surface area contributed by atoms with Gasteiger partial charge in [-0.05, 0) is 30.5 Å². The lowest BCUT2D eigenvalue weighted by atomic mass is 10.0. The summed E-state index contributed by atoms with van der Waals surface area (Å²) in [5, 5.41) is 0. The Morgan fingerprint density at radius 1 is 1.11 bits per heavy atom. The second-order valence-electron chi connectivity index (χ2n) is 8.72. The molecule has 12 heteroatoms. The molecule has 0 saturated carbocycles. The van der Waals surface area contributed by atoms with Crippen molar-refractivity contribution < 1.29 is 31.1 Å². The second-order valence-corrected chi connectivity index (χ2v) is 10.7. The Bertz CT molecular complexity index is 1250. The van der Waals surface area contributed by atoms with Crippen LogP contribution in [0.25, 0.3) is 0 Å². The highest BCUT2D eigenvalue weighted by Crippen LogP contribution is 2.39. The number of sulfonamides is 1. The van der Waals surface area contributed by atoms with Gasteiger partial charge in [-0.3, -0.25) is 0 Å². The van der Waals surface area contributed by atoms with Crippen molar-refractivity contribution in [1.29, 1.82) is 0 Å². The first-order valence-electron chi connectivity index (χ1n) is 11.8. The molecule has 0 fully saturated rings. The summed E-state index contributed by atoms with van der Waals surface area (Å²) >= 11 is 0. The third-order valence-corrected chi connectivity index (χ3v) is 7.83. The number of benzene rings is 2. The van der Waals surface area contributed by atoms with Gasteiger partial charge in [-0.25, -0.2) is 13.4 Å². The van der Waals surface area contributed by atoms with E-state index >= 15 is 0 Å². The van der Waals surface area contributed by atoms with Crippen LogP contribution in [-0.2, 0) is 34.3 Å². The highest BCUT2D eigenvalue weighted by molar-refractivity contribution is 7.89. The van der Waals surface area contributed by atoms with Crippen LogP contribution in [0.3, 0.4) is 0 Å². The molecule has 37 heavy (non-hydrogen) atoms. The smallest absolute Gasteiger partial charge is 0.491 e. The number of aromatic nitrogens is 2. The average Bonchev–Trinajstić information content (AvgIpc) is 3.33. The van der Waals surface area contributed by atoms with Crippen molar-refractivity contribution in [1.82, 2.24) is 14.3 Å². The van der Waals surface area contributed by atoms with E-state index in [-0.39, 0.29) is 19.8 Å². The number of ether oxygens (including phenoxy) is 2. The molecule has 0 bridgehead atoms. The van der Waals surface area contributed by atoms with Gasteiger partial charge in [0.1, 0.15) is 12.4 Å². The molecule has 1 N–H and O–H groups in total. The molecule has 200 valence electrons. The number of alkyl halides is 3. The quantitative estimate of drug-likeness (QED) is 0.391. The van der Waals surface area contributed by atoms with E-state index in [1.54, 1.807) is 24.4 Å². The van der Waals surface area contributed by atoms with E-state index in [0.717, 1.165) is 11.3 Å². The van der Waals surface area contributed by atoms with E-state index in [0.29, 0.717) is 40.7 Å². The Kier molecular flexibility index (Phi) is 8.40. The Morgan fingerprint density at radius 3 is 2.57 bits per heavy atom. The van der Waals surface area contributed by atoms with Crippen LogP contribution in [0.5, 0.6) is 5.75 Å². The summed E-state index contributed by atoms with van der Waals surface area (Å²) in [4.78, 5) is 9.05. The van der Waals surface area contributed by atoms with E-state index in [1.165, 1.54) is 13.4 Å². The first-order valence-corrected chi connectivity index (χ1v) is 13.2. The van der Waals surface area contributed by atoms with Crippen LogP contribution in [0.15, 0.2) is 61.1 Å². The zero-order valence-electron chi connectivity index (χ0n) is 20.3. The van der Waals surface area contributed by atoms with Gasteiger partial charge in [-0.2, -0.15) is 17.5 Å². The van der Waals surface area contributed by atoms with Gasteiger partial charge < -0.3 is 19.4 Å². The van der Waals surface area contributed by atoms with E-state index in [4.69, 9.17) is 9.47 Å². The van der Waals surface area contributed by atoms with Crippen molar-refractivity contribution in [3.63, 3.8) is 0 Å². The molecule has 1 aliphatic rings. The summed E-state index contributed by atoms with van der Waals surface area (Å²) in [5.41, 5.74) is -2.69. The normalized spacial score (nSPS) is 16.9. The number of imidazole rings is 1. The molecule has 0 spiro atoms. The van der Waals surface area contributed by atoms with Crippen LogP contribution in [0, 0.1) is 0 Å².